The standard InChI is InChI=1S/C20H27NO2/c1-2-12-21(14-15-6-7-15)20(23)11-10-19(22)18-9-8-16-4-3-5-17(16)13-18/h8-9,13,15H,2-7,10-12,14H2,1H3. The molecule has 1 amide bonds. The van der Waals surface area contributed by atoms with Crippen LogP contribution in [0, 0.1) is 5.92 Å². The lowest BCUT2D eigenvalue weighted by atomic mass is 10.0. The van der Waals surface area contributed by atoms with E-state index in [4.69, 9.17) is 0 Å². The Bertz CT molecular complexity index is 589. The van der Waals surface area contributed by atoms with E-state index in [9.17, 15) is 9.59 Å². The van der Waals surface area contributed by atoms with Crippen LogP contribution in [0.15, 0.2) is 18.2 Å². The lowest BCUT2D eigenvalue weighted by Gasteiger charge is -2.22. The number of ketones is 1. The molecule has 0 aromatic heterocycles. The highest BCUT2D eigenvalue weighted by molar-refractivity contribution is 5.98. The van der Waals surface area contributed by atoms with Crippen molar-refractivity contribution in [1.29, 1.82) is 0 Å². The normalized spacial score (nSPS) is 16.2. The van der Waals surface area contributed by atoms with Gasteiger partial charge in [-0.15, -0.1) is 0 Å². The van der Waals surface area contributed by atoms with Crippen molar-refractivity contribution in [2.24, 2.45) is 5.92 Å². The molecule has 0 heterocycles. The number of rotatable bonds is 8. The molecule has 0 atom stereocenters. The average molecular weight is 313 g/mol. The van der Waals surface area contributed by atoms with Gasteiger partial charge in [0.2, 0.25) is 5.91 Å². The lowest BCUT2D eigenvalue weighted by Crippen LogP contribution is -2.33. The largest absolute Gasteiger partial charge is 0.342 e. The number of fused-ring (bicyclic) bond motifs is 1. The summed E-state index contributed by atoms with van der Waals surface area (Å²) >= 11 is 0. The number of benzene rings is 1. The molecule has 1 aromatic carbocycles. The summed E-state index contributed by atoms with van der Waals surface area (Å²) in [6.45, 7) is 3.81. The lowest BCUT2D eigenvalue weighted by molar-refractivity contribution is -0.131. The molecule has 3 heteroatoms. The van der Waals surface area contributed by atoms with E-state index in [0.717, 1.165) is 37.9 Å². The second kappa shape index (κ2) is 7.29. The van der Waals surface area contributed by atoms with Crippen LogP contribution < -0.4 is 0 Å². The molecule has 0 saturated heterocycles. The van der Waals surface area contributed by atoms with E-state index in [1.54, 1.807) is 0 Å². The second-order valence-corrected chi connectivity index (χ2v) is 7.04. The highest BCUT2D eigenvalue weighted by Gasteiger charge is 2.26. The highest BCUT2D eigenvalue weighted by Crippen LogP contribution is 2.30. The molecular formula is C20H27NO2. The second-order valence-electron chi connectivity index (χ2n) is 7.04. The van der Waals surface area contributed by atoms with Crippen LogP contribution in [0.3, 0.4) is 0 Å². The van der Waals surface area contributed by atoms with Crippen LogP contribution in [0.1, 0.15) is 66.9 Å². The smallest absolute Gasteiger partial charge is 0.223 e. The van der Waals surface area contributed by atoms with Gasteiger partial charge in [0.25, 0.3) is 0 Å². The van der Waals surface area contributed by atoms with E-state index < -0.39 is 0 Å². The van der Waals surface area contributed by atoms with Gasteiger partial charge in [-0.1, -0.05) is 19.1 Å². The van der Waals surface area contributed by atoms with Crippen molar-refractivity contribution in [1.82, 2.24) is 4.90 Å². The zero-order chi connectivity index (χ0) is 16.2. The minimum atomic E-state index is 0.107. The Hall–Kier alpha value is -1.64. The van der Waals surface area contributed by atoms with E-state index in [1.165, 1.54) is 30.4 Å². The number of hydrogen-bond donors (Lipinski definition) is 0. The number of carbonyl (C=O) groups is 2. The number of carbonyl (C=O) groups excluding carboxylic acids is 2. The summed E-state index contributed by atoms with van der Waals surface area (Å²) in [5.41, 5.74) is 3.49. The van der Waals surface area contributed by atoms with Crippen LogP contribution in [0.4, 0.5) is 0 Å². The molecule has 3 nitrogen and oxygen atoms in total. The van der Waals surface area contributed by atoms with Gasteiger partial charge in [-0.05, 0) is 61.6 Å². The fourth-order valence-electron chi connectivity index (χ4n) is 3.47. The van der Waals surface area contributed by atoms with Gasteiger partial charge in [0.1, 0.15) is 0 Å². The molecule has 1 fully saturated rings. The van der Waals surface area contributed by atoms with E-state index in [0.29, 0.717) is 18.8 Å². The van der Waals surface area contributed by atoms with Gasteiger partial charge >= 0.3 is 0 Å². The Morgan fingerprint density at radius 3 is 2.65 bits per heavy atom. The van der Waals surface area contributed by atoms with Crippen LogP contribution in [0.5, 0.6) is 0 Å². The fraction of sp³-hybridized carbons (Fsp3) is 0.600. The van der Waals surface area contributed by atoms with Gasteiger partial charge < -0.3 is 4.90 Å². The molecule has 2 aliphatic rings. The third kappa shape index (κ3) is 4.21. The molecule has 1 saturated carbocycles. The number of Topliss-reactive ketones (excluding diaryl/α,β-unsaturated/α-hetero) is 1. The minimum Gasteiger partial charge on any atom is -0.342 e. The van der Waals surface area contributed by atoms with Crippen LogP contribution in [0.2, 0.25) is 0 Å². The van der Waals surface area contributed by atoms with Crippen molar-refractivity contribution in [3.63, 3.8) is 0 Å². The first kappa shape index (κ1) is 16.2. The zero-order valence-corrected chi connectivity index (χ0v) is 14.1. The predicted octanol–water partition coefficient (Wildman–Crippen LogP) is 3.79. The van der Waals surface area contributed by atoms with Crippen molar-refractivity contribution < 1.29 is 9.59 Å². The third-order valence-electron chi connectivity index (χ3n) is 5.01. The number of nitrogens with zero attached hydrogens (tertiary/aromatic N) is 1. The molecule has 3 rings (SSSR count). The van der Waals surface area contributed by atoms with Crippen molar-refractivity contribution >= 4 is 11.7 Å². The summed E-state index contributed by atoms with van der Waals surface area (Å²) in [5, 5.41) is 0. The van der Waals surface area contributed by atoms with Crippen molar-refractivity contribution in [3.8, 4) is 0 Å². The molecule has 0 N–H and O–H groups in total. The number of aryl methyl sites for hydroxylation is 2. The Kier molecular flexibility index (Phi) is 5.14. The molecule has 124 valence electrons. The maximum atomic E-state index is 12.4. The summed E-state index contributed by atoms with van der Waals surface area (Å²) in [6, 6.07) is 6.07. The van der Waals surface area contributed by atoms with Gasteiger partial charge in [0.05, 0.1) is 0 Å². The minimum absolute atomic E-state index is 0.107. The van der Waals surface area contributed by atoms with E-state index in [2.05, 4.69) is 13.0 Å². The van der Waals surface area contributed by atoms with E-state index in [-0.39, 0.29) is 11.7 Å². The van der Waals surface area contributed by atoms with E-state index >= 15 is 0 Å². The van der Waals surface area contributed by atoms with Gasteiger partial charge in [0, 0.05) is 31.5 Å². The average Bonchev–Trinajstić information content (AvgIpc) is 3.25. The molecule has 0 bridgehead atoms. The summed E-state index contributed by atoms with van der Waals surface area (Å²) in [6.07, 6.45) is 7.58. The first-order valence-electron chi connectivity index (χ1n) is 9.10. The Morgan fingerprint density at radius 2 is 1.91 bits per heavy atom. The molecule has 23 heavy (non-hydrogen) atoms. The molecule has 0 aliphatic heterocycles. The van der Waals surface area contributed by atoms with Crippen molar-refractivity contribution in [3.05, 3.63) is 34.9 Å². The Balaban J connectivity index is 1.53. The van der Waals surface area contributed by atoms with Gasteiger partial charge in [-0.25, -0.2) is 0 Å². The first-order chi connectivity index (χ1) is 11.2. The SMILES string of the molecule is CCCN(CC1CC1)C(=O)CCC(=O)c1ccc2c(c1)CCC2. The van der Waals surface area contributed by atoms with Crippen molar-refractivity contribution in [2.45, 2.75) is 58.3 Å². The third-order valence-corrected chi connectivity index (χ3v) is 5.01. The van der Waals surface area contributed by atoms with E-state index in [1.807, 2.05) is 17.0 Å². The van der Waals surface area contributed by atoms with Gasteiger partial charge in [0.15, 0.2) is 5.78 Å². The first-order valence-corrected chi connectivity index (χ1v) is 9.10. The summed E-state index contributed by atoms with van der Waals surface area (Å²) in [4.78, 5) is 26.8. The number of hydrogen-bond acceptors (Lipinski definition) is 2. The maximum absolute atomic E-state index is 12.4. The van der Waals surface area contributed by atoms with Crippen LogP contribution >= 0.6 is 0 Å². The summed E-state index contributed by atoms with van der Waals surface area (Å²) in [5.74, 6) is 0.960. The Labute approximate surface area is 139 Å². The topological polar surface area (TPSA) is 37.4 Å². The quantitative estimate of drug-likeness (QED) is 0.685. The molecule has 0 radical (unpaired) electrons. The molecule has 2 aliphatic carbocycles. The van der Waals surface area contributed by atoms with Crippen LogP contribution in [-0.2, 0) is 17.6 Å². The number of amides is 1. The fourth-order valence-corrected chi connectivity index (χ4v) is 3.47. The van der Waals surface area contributed by atoms with Gasteiger partial charge in [-0.2, -0.15) is 0 Å². The molecular weight excluding hydrogens is 286 g/mol. The molecule has 0 spiro atoms. The Morgan fingerprint density at radius 1 is 1.13 bits per heavy atom. The predicted molar refractivity (Wildman–Crippen MR) is 91.6 cm³/mol. The maximum Gasteiger partial charge on any atom is 0.223 e. The molecule has 1 aromatic rings. The van der Waals surface area contributed by atoms with Crippen LogP contribution in [0.25, 0.3) is 0 Å². The zero-order valence-electron chi connectivity index (χ0n) is 14.1. The summed E-state index contributed by atoms with van der Waals surface area (Å²) < 4.78 is 0. The van der Waals surface area contributed by atoms with Gasteiger partial charge in [-0.3, -0.25) is 9.59 Å². The van der Waals surface area contributed by atoms with Crippen molar-refractivity contribution in [2.75, 3.05) is 13.1 Å². The monoisotopic (exact) mass is 313 g/mol. The summed E-state index contributed by atoms with van der Waals surface area (Å²) in [7, 11) is 0. The highest BCUT2D eigenvalue weighted by atomic mass is 16.2. The molecule has 0 unspecified atom stereocenters. The van der Waals surface area contributed by atoms with Crippen LogP contribution in [-0.4, -0.2) is 29.7 Å².